The van der Waals surface area contributed by atoms with Crippen molar-refractivity contribution in [1.29, 1.82) is 0 Å². The fourth-order valence-electron chi connectivity index (χ4n) is 2.24. The summed E-state index contributed by atoms with van der Waals surface area (Å²) in [6, 6.07) is 8.90. The first-order valence-corrected chi connectivity index (χ1v) is 9.19. The molecule has 0 saturated heterocycles. The summed E-state index contributed by atoms with van der Waals surface area (Å²) in [4.78, 5) is 0. The molecule has 0 aliphatic rings. The van der Waals surface area contributed by atoms with E-state index in [1.54, 1.807) is 0 Å². The number of hydrogen-bond acceptors (Lipinski definition) is 2. The van der Waals surface area contributed by atoms with E-state index in [9.17, 15) is 4.21 Å². The third kappa shape index (κ3) is 5.76. The van der Waals surface area contributed by atoms with Gasteiger partial charge in [0, 0.05) is 28.3 Å². The Bertz CT molecular complexity index is 400. The summed E-state index contributed by atoms with van der Waals surface area (Å²) in [5.74, 6) is 2.09. The van der Waals surface area contributed by atoms with Crippen LogP contribution in [-0.4, -0.2) is 22.8 Å². The van der Waals surface area contributed by atoms with Crippen molar-refractivity contribution in [2.24, 2.45) is 0 Å². The second-order valence-electron chi connectivity index (χ2n) is 5.68. The predicted molar refractivity (Wildman–Crippen MR) is 89.7 cm³/mol. The van der Waals surface area contributed by atoms with E-state index < -0.39 is 10.8 Å². The molecule has 0 spiro atoms. The Balaban J connectivity index is 2.59. The molecular weight excluding hydrogens is 266 g/mol. The second kappa shape index (κ2) is 9.30. The van der Waals surface area contributed by atoms with E-state index >= 15 is 0 Å². The summed E-state index contributed by atoms with van der Waals surface area (Å²) < 4.78 is 12.1. The van der Waals surface area contributed by atoms with Crippen LogP contribution in [0, 0.1) is 0 Å². The third-order valence-corrected chi connectivity index (χ3v) is 5.13. The molecule has 114 valence electrons. The molecule has 0 saturated carbocycles. The fraction of sp³-hybridized carbons (Fsp3) is 0.647. The smallest absolute Gasteiger partial charge is 0.0434 e. The van der Waals surface area contributed by atoms with Crippen molar-refractivity contribution >= 4 is 10.8 Å². The van der Waals surface area contributed by atoms with Crippen molar-refractivity contribution in [2.75, 3.05) is 18.6 Å². The predicted octanol–water partition coefficient (Wildman–Crippen LogP) is 4.01. The molecule has 0 aliphatic carbocycles. The lowest BCUT2D eigenvalue weighted by Crippen LogP contribution is -2.23. The molecule has 1 aromatic carbocycles. The summed E-state index contributed by atoms with van der Waals surface area (Å²) >= 11 is 0. The van der Waals surface area contributed by atoms with Crippen LogP contribution in [0.15, 0.2) is 24.3 Å². The number of rotatable bonds is 9. The zero-order valence-electron chi connectivity index (χ0n) is 13.3. The minimum Gasteiger partial charge on any atom is -0.312 e. The van der Waals surface area contributed by atoms with E-state index in [2.05, 4.69) is 50.4 Å². The Morgan fingerprint density at radius 3 is 2.20 bits per heavy atom. The molecule has 3 heteroatoms. The molecule has 2 unspecified atom stereocenters. The average Bonchev–Trinajstić information content (AvgIpc) is 2.45. The standard InChI is InChI=1S/C17H29NOS/c1-5-6-7-12-20(19)13-17(18-4)16-10-8-15(9-11-16)14(2)3/h8-11,14,17-18H,5-7,12-13H2,1-4H3. The summed E-state index contributed by atoms with van der Waals surface area (Å²) in [6.45, 7) is 6.58. The zero-order valence-corrected chi connectivity index (χ0v) is 14.1. The van der Waals surface area contributed by atoms with Crippen molar-refractivity contribution < 1.29 is 4.21 Å². The van der Waals surface area contributed by atoms with E-state index in [4.69, 9.17) is 0 Å². The highest BCUT2D eigenvalue weighted by Crippen LogP contribution is 2.19. The largest absolute Gasteiger partial charge is 0.312 e. The molecule has 2 nitrogen and oxygen atoms in total. The molecule has 1 N–H and O–H groups in total. The van der Waals surface area contributed by atoms with Gasteiger partial charge in [0.15, 0.2) is 0 Å². The average molecular weight is 295 g/mol. The molecular formula is C17H29NOS. The SMILES string of the molecule is CCCCCS(=O)CC(NC)c1ccc(C(C)C)cc1. The molecule has 0 fully saturated rings. The van der Waals surface area contributed by atoms with Gasteiger partial charge in [-0.15, -0.1) is 0 Å². The van der Waals surface area contributed by atoms with Gasteiger partial charge in [-0.05, 0) is 30.5 Å². The van der Waals surface area contributed by atoms with E-state index in [0.717, 1.165) is 12.2 Å². The van der Waals surface area contributed by atoms with Gasteiger partial charge >= 0.3 is 0 Å². The number of hydrogen-bond donors (Lipinski definition) is 1. The number of nitrogens with one attached hydrogen (secondary N) is 1. The van der Waals surface area contributed by atoms with Gasteiger partial charge in [0.1, 0.15) is 0 Å². The van der Waals surface area contributed by atoms with Crippen molar-refractivity contribution in [1.82, 2.24) is 5.32 Å². The Kier molecular flexibility index (Phi) is 8.08. The molecule has 1 rings (SSSR count). The van der Waals surface area contributed by atoms with Crippen LogP contribution in [0.2, 0.25) is 0 Å². The maximum atomic E-state index is 12.1. The molecule has 0 radical (unpaired) electrons. The quantitative estimate of drug-likeness (QED) is 0.697. The van der Waals surface area contributed by atoms with Gasteiger partial charge in [-0.25, -0.2) is 0 Å². The van der Waals surface area contributed by atoms with E-state index in [0.29, 0.717) is 11.7 Å². The van der Waals surface area contributed by atoms with Gasteiger partial charge in [-0.2, -0.15) is 0 Å². The van der Waals surface area contributed by atoms with E-state index in [-0.39, 0.29) is 6.04 Å². The first-order chi connectivity index (χ1) is 9.58. The number of benzene rings is 1. The van der Waals surface area contributed by atoms with Crippen LogP contribution in [0.1, 0.15) is 63.1 Å². The lowest BCUT2D eigenvalue weighted by molar-refractivity contribution is 0.632. The van der Waals surface area contributed by atoms with Gasteiger partial charge in [-0.1, -0.05) is 57.9 Å². The summed E-state index contributed by atoms with van der Waals surface area (Å²) in [7, 11) is 1.22. The fourth-order valence-corrected chi connectivity index (χ4v) is 3.67. The van der Waals surface area contributed by atoms with Crippen molar-refractivity contribution in [3.63, 3.8) is 0 Å². The first kappa shape index (κ1) is 17.4. The van der Waals surface area contributed by atoms with Crippen LogP contribution in [0.4, 0.5) is 0 Å². The van der Waals surface area contributed by atoms with E-state index in [1.807, 2.05) is 7.05 Å². The monoisotopic (exact) mass is 295 g/mol. The van der Waals surface area contributed by atoms with E-state index in [1.165, 1.54) is 24.0 Å². The Hall–Kier alpha value is -0.670. The normalized spacial score (nSPS) is 14.4. The second-order valence-corrected chi connectivity index (χ2v) is 7.30. The number of unbranched alkanes of at least 4 members (excludes halogenated alkanes) is 2. The van der Waals surface area contributed by atoms with Crippen LogP contribution < -0.4 is 5.32 Å². The van der Waals surface area contributed by atoms with Gasteiger partial charge in [-0.3, -0.25) is 4.21 Å². The molecule has 1 aromatic rings. The Morgan fingerprint density at radius 2 is 1.70 bits per heavy atom. The van der Waals surface area contributed by atoms with Crippen LogP contribution in [-0.2, 0) is 10.8 Å². The van der Waals surface area contributed by atoms with Gasteiger partial charge in [0.2, 0.25) is 0 Å². The Morgan fingerprint density at radius 1 is 1.10 bits per heavy atom. The summed E-state index contributed by atoms with van der Waals surface area (Å²) in [6.07, 6.45) is 3.44. The van der Waals surface area contributed by atoms with Crippen molar-refractivity contribution in [3.05, 3.63) is 35.4 Å². The lowest BCUT2D eigenvalue weighted by Gasteiger charge is -2.17. The van der Waals surface area contributed by atoms with Crippen molar-refractivity contribution in [2.45, 2.75) is 52.0 Å². The highest BCUT2D eigenvalue weighted by atomic mass is 32.2. The summed E-state index contributed by atoms with van der Waals surface area (Å²) in [5, 5.41) is 3.30. The lowest BCUT2D eigenvalue weighted by atomic mass is 10.00. The molecule has 20 heavy (non-hydrogen) atoms. The molecule has 0 amide bonds. The zero-order chi connectivity index (χ0) is 15.0. The minimum atomic E-state index is -0.729. The van der Waals surface area contributed by atoms with Crippen LogP contribution >= 0.6 is 0 Å². The summed E-state index contributed by atoms with van der Waals surface area (Å²) in [5.41, 5.74) is 2.59. The first-order valence-electron chi connectivity index (χ1n) is 7.70. The molecule has 0 aromatic heterocycles. The van der Waals surface area contributed by atoms with Gasteiger partial charge < -0.3 is 5.32 Å². The van der Waals surface area contributed by atoms with Crippen LogP contribution in [0.3, 0.4) is 0 Å². The maximum absolute atomic E-state index is 12.1. The highest BCUT2D eigenvalue weighted by molar-refractivity contribution is 7.85. The topological polar surface area (TPSA) is 29.1 Å². The molecule has 0 heterocycles. The van der Waals surface area contributed by atoms with Gasteiger partial charge in [0.25, 0.3) is 0 Å². The molecule has 0 aliphatic heterocycles. The molecule has 0 bridgehead atoms. The minimum absolute atomic E-state index is 0.193. The Labute approximate surface area is 126 Å². The van der Waals surface area contributed by atoms with Crippen LogP contribution in [0.25, 0.3) is 0 Å². The van der Waals surface area contributed by atoms with Crippen LogP contribution in [0.5, 0.6) is 0 Å². The highest BCUT2D eigenvalue weighted by Gasteiger charge is 2.13. The maximum Gasteiger partial charge on any atom is 0.0434 e. The molecule has 2 atom stereocenters. The van der Waals surface area contributed by atoms with Crippen molar-refractivity contribution in [3.8, 4) is 0 Å². The van der Waals surface area contributed by atoms with Gasteiger partial charge in [0.05, 0.1) is 0 Å². The third-order valence-electron chi connectivity index (χ3n) is 3.68.